The fourth-order valence-corrected chi connectivity index (χ4v) is 2.02. The summed E-state index contributed by atoms with van der Waals surface area (Å²) in [5.41, 5.74) is -0.135. The van der Waals surface area contributed by atoms with Crippen molar-refractivity contribution in [3.8, 4) is 34.6 Å². The van der Waals surface area contributed by atoms with Gasteiger partial charge in [-0.2, -0.15) is 9.97 Å². The van der Waals surface area contributed by atoms with E-state index >= 15 is 0 Å². The molecule has 0 radical (unpaired) electrons. The molecule has 128 valence electrons. The van der Waals surface area contributed by atoms with Gasteiger partial charge in [0, 0.05) is 0 Å². The lowest BCUT2D eigenvalue weighted by Crippen LogP contribution is -2.10. The molecule has 0 aliphatic carbocycles. The smallest absolute Gasteiger partial charge is 0.492 e. The minimum absolute atomic E-state index is 0.0440. The number of aromatic nitrogens is 2. The Balaban J connectivity index is 2.62. The zero-order valence-corrected chi connectivity index (χ0v) is 13.5. The molecule has 8 nitrogen and oxygen atoms in total. The highest BCUT2D eigenvalue weighted by atomic mass is 35.5. The van der Waals surface area contributed by atoms with Crippen LogP contribution in [-0.4, -0.2) is 42.6 Å². The van der Waals surface area contributed by atoms with E-state index in [1.165, 1.54) is 26.4 Å². The van der Waals surface area contributed by atoms with Crippen LogP contribution in [0.3, 0.4) is 0 Å². The van der Waals surface area contributed by atoms with Gasteiger partial charge in [-0.3, -0.25) is 0 Å². The number of methoxy groups -OCH3 is 3. The quantitative estimate of drug-likeness (QED) is 0.833. The molecule has 0 atom stereocenters. The molecule has 2 aromatic rings. The van der Waals surface area contributed by atoms with Crippen LogP contribution in [0.5, 0.6) is 23.3 Å². The van der Waals surface area contributed by atoms with Crippen molar-refractivity contribution in [2.75, 3.05) is 21.3 Å². The molecule has 0 bridgehead atoms. The number of nitrogens with zero attached hydrogens (tertiary/aromatic N) is 2. The molecule has 1 aromatic carbocycles. The van der Waals surface area contributed by atoms with E-state index in [0.717, 1.165) is 7.11 Å². The minimum Gasteiger partial charge on any atom is -0.492 e. The van der Waals surface area contributed by atoms with Crippen LogP contribution in [0.1, 0.15) is 0 Å². The van der Waals surface area contributed by atoms with Crippen LogP contribution >= 0.6 is 11.6 Å². The van der Waals surface area contributed by atoms with E-state index < -0.39 is 23.7 Å². The molecule has 0 spiro atoms. The van der Waals surface area contributed by atoms with Crippen molar-refractivity contribution < 1.29 is 33.2 Å². The fraction of sp³-hybridized carbons (Fsp3) is 0.214. The zero-order valence-electron chi connectivity index (χ0n) is 12.8. The highest BCUT2D eigenvalue weighted by Crippen LogP contribution is 2.38. The summed E-state index contributed by atoms with van der Waals surface area (Å²) < 4.78 is 33.3. The molecule has 0 aliphatic rings. The molecular weight excluding hydrogens is 347 g/mol. The van der Waals surface area contributed by atoms with Gasteiger partial charge in [0.2, 0.25) is 5.75 Å². The van der Waals surface area contributed by atoms with Crippen LogP contribution in [0.4, 0.5) is 9.18 Å². The second kappa shape index (κ2) is 7.18. The van der Waals surface area contributed by atoms with Gasteiger partial charge in [0.15, 0.2) is 17.4 Å². The summed E-state index contributed by atoms with van der Waals surface area (Å²) in [5.74, 6) is -2.76. The van der Waals surface area contributed by atoms with E-state index in [-0.39, 0.29) is 27.9 Å². The molecule has 10 heteroatoms. The Bertz CT molecular complexity index is 786. The van der Waals surface area contributed by atoms with Crippen molar-refractivity contribution in [3.63, 3.8) is 0 Å². The summed E-state index contributed by atoms with van der Waals surface area (Å²) in [6.07, 6.45) is -1.11. The fourth-order valence-electron chi connectivity index (χ4n) is 1.80. The van der Waals surface area contributed by atoms with Crippen molar-refractivity contribution in [1.29, 1.82) is 0 Å². The van der Waals surface area contributed by atoms with Crippen LogP contribution in [0.15, 0.2) is 12.1 Å². The first-order valence-electron chi connectivity index (χ1n) is 6.36. The first kappa shape index (κ1) is 17.5. The second-order valence-electron chi connectivity index (χ2n) is 4.21. The molecule has 0 amide bonds. The predicted molar refractivity (Wildman–Crippen MR) is 80.2 cm³/mol. The highest BCUT2D eigenvalue weighted by molar-refractivity contribution is 6.32. The minimum atomic E-state index is -1.11. The van der Waals surface area contributed by atoms with Crippen molar-refractivity contribution in [2.24, 2.45) is 0 Å². The Morgan fingerprint density at radius 1 is 1.17 bits per heavy atom. The summed E-state index contributed by atoms with van der Waals surface area (Å²) in [6, 6.07) is 2.65. The van der Waals surface area contributed by atoms with Gasteiger partial charge < -0.3 is 24.1 Å². The molecule has 2 rings (SSSR count). The lowest BCUT2D eigenvalue weighted by atomic mass is 10.2. The van der Waals surface area contributed by atoms with Gasteiger partial charge in [-0.25, -0.2) is 9.18 Å². The number of hydrogen-bond donors (Lipinski definition) is 1. The van der Waals surface area contributed by atoms with Gasteiger partial charge in [0.1, 0.15) is 0 Å². The standard InChI is InChI=1S/C14H12ClFN2O6/c1-21-9-7(15)5-4-6(8(9)16)11-17-12(19)10(22-2)13(18-11)24-14(20)23-3/h4-5H,1-3H3,(H,17,18,19). The number of carbonyl (C=O) groups is 1. The molecule has 0 fully saturated rings. The number of aromatic hydroxyl groups is 1. The lowest BCUT2D eigenvalue weighted by Gasteiger charge is -2.12. The Kier molecular flexibility index (Phi) is 5.24. The molecule has 1 aromatic heterocycles. The predicted octanol–water partition coefficient (Wildman–Crippen LogP) is 2.80. The summed E-state index contributed by atoms with van der Waals surface area (Å²) in [7, 11) is 3.53. The summed E-state index contributed by atoms with van der Waals surface area (Å²) in [5, 5.41) is 9.95. The largest absolute Gasteiger partial charge is 0.515 e. The highest BCUT2D eigenvalue weighted by Gasteiger charge is 2.23. The van der Waals surface area contributed by atoms with Crippen LogP contribution in [0.2, 0.25) is 5.02 Å². The monoisotopic (exact) mass is 358 g/mol. The first-order chi connectivity index (χ1) is 11.4. The van der Waals surface area contributed by atoms with Crippen LogP contribution in [0, 0.1) is 5.82 Å². The first-order valence-corrected chi connectivity index (χ1v) is 6.73. The topological polar surface area (TPSA) is 100 Å². The number of ether oxygens (including phenoxy) is 4. The maximum absolute atomic E-state index is 14.5. The summed E-state index contributed by atoms with van der Waals surface area (Å²) in [6.45, 7) is 0. The third-order valence-corrected chi connectivity index (χ3v) is 3.16. The normalized spacial score (nSPS) is 10.2. The van der Waals surface area contributed by atoms with Crippen LogP contribution in [0.25, 0.3) is 11.4 Å². The maximum atomic E-state index is 14.5. The van der Waals surface area contributed by atoms with Crippen molar-refractivity contribution in [1.82, 2.24) is 9.97 Å². The van der Waals surface area contributed by atoms with Crippen molar-refractivity contribution in [3.05, 3.63) is 23.0 Å². The average Bonchev–Trinajstić information content (AvgIpc) is 2.55. The zero-order chi connectivity index (χ0) is 17.9. The van der Waals surface area contributed by atoms with Crippen LogP contribution < -0.4 is 14.2 Å². The molecule has 0 saturated heterocycles. The van der Waals surface area contributed by atoms with Gasteiger partial charge in [0.05, 0.1) is 31.9 Å². The Labute approximate surface area is 140 Å². The second-order valence-corrected chi connectivity index (χ2v) is 4.61. The van der Waals surface area contributed by atoms with E-state index in [1.54, 1.807) is 0 Å². The van der Waals surface area contributed by atoms with Crippen LogP contribution in [-0.2, 0) is 4.74 Å². The third kappa shape index (κ3) is 3.25. The molecule has 24 heavy (non-hydrogen) atoms. The van der Waals surface area contributed by atoms with E-state index in [0.29, 0.717) is 0 Å². The number of benzene rings is 1. The van der Waals surface area contributed by atoms with Gasteiger partial charge in [-0.15, -0.1) is 0 Å². The molecule has 0 aliphatic heterocycles. The molecule has 1 N–H and O–H groups in total. The van der Waals surface area contributed by atoms with Gasteiger partial charge in [-0.1, -0.05) is 11.6 Å². The maximum Gasteiger partial charge on any atom is 0.515 e. The van der Waals surface area contributed by atoms with E-state index in [2.05, 4.69) is 14.7 Å². The molecule has 0 saturated carbocycles. The number of carbonyl (C=O) groups excluding carboxylic acids is 1. The van der Waals surface area contributed by atoms with Gasteiger partial charge >= 0.3 is 6.16 Å². The number of hydrogen-bond acceptors (Lipinski definition) is 8. The van der Waals surface area contributed by atoms with Crippen molar-refractivity contribution >= 4 is 17.8 Å². The van der Waals surface area contributed by atoms with Crippen molar-refractivity contribution in [2.45, 2.75) is 0 Å². The summed E-state index contributed by atoms with van der Waals surface area (Å²) in [4.78, 5) is 18.9. The number of rotatable bonds is 4. The SMILES string of the molecule is COC(=O)Oc1nc(-c2ccc(Cl)c(OC)c2F)nc(O)c1OC. The molecule has 0 unspecified atom stereocenters. The summed E-state index contributed by atoms with van der Waals surface area (Å²) >= 11 is 5.83. The molecular formula is C14H12ClFN2O6. The van der Waals surface area contributed by atoms with E-state index in [9.17, 15) is 14.3 Å². The lowest BCUT2D eigenvalue weighted by molar-refractivity contribution is 0.118. The Morgan fingerprint density at radius 3 is 2.42 bits per heavy atom. The van der Waals surface area contributed by atoms with Gasteiger partial charge in [-0.05, 0) is 12.1 Å². The average molecular weight is 359 g/mol. The number of halogens is 2. The van der Waals surface area contributed by atoms with Gasteiger partial charge in [0.25, 0.3) is 11.8 Å². The van der Waals surface area contributed by atoms with E-state index in [1.807, 2.05) is 0 Å². The Hall–Kier alpha value is -2.81. The Morgan fingerprint density at radius 2 is 1.83 bits per heavy atom. The molecule has 1 heterocycles. The third-order valence-electron chi connectivity index (χ3n) is 2.86. The van der Waals surface area contributed by atoms with E-state index in [4.69, 9.17) is 25.8 Å².